The van der Waals surface area contributed by atoms with Gasteiger partial charge in [-0.15, -0.1) is 12.4 Å². The smallest absolute Gasteiger partial charge is 0.238 e. The van der Waals surface area contributed by atoms with E-state index in [1.54, 1.807) is 0 Å². The van der Waals surface area contributed by atoms with Crippen molar-refractivity contribution in [1.29, 1.82) is 0 Å². The van der Waals surface area contributed by atoms with Gasteiger partial charge in [0.1, 0.15) is 5.75 Å². The van der Waals surface area contributed by atoms with Crippen molar-refractivity contribution < 1.29 is 9.53 Å². The predicted octanol–water partition coefficient (Wildman–Crippen LogP) is 3.08. The highest BCUT2D eigenvalue weighted by Gasteiger charge is 2.20. The Kier molecular flexibility index (Phi) is 7.54. The quantitative estimate of drug-likeness (QED) is 0.775. The molecule has 1 aromatic carbocycles. The second-order valence-electron chi connectivity index (χ2n) is 5.86. The molecule has 0 saturated heterocycles. The number of carbonyl (C=O) groups excluding carboxylic acids is 1. The molecule has 0 spiro atoms. The van der Waals surface area contributed by atoms with Crippen LogP contribution in [0, 0.1) is 11.8 Å². The average Bonchev–Trinajstić information content (AvgIpc) is 3.21. The van der Waals surface area contributed by atoms with Crippen LogP contribution < -0.4 is 15.4 Å². The third-order valence-electron chi connectivity index (χ3n) is 3.12. The standard InChI is InChI=1S/C16H24N2O2.ClH/c1-12(2)11-20-15-5-3-4-14(8-15)18-16(19)10-17-9-13-6-7-13;/h3-5,8,12-13,17H,6-7,9-11H2,1-2H3,(H,18,19);1H. The van der Waals surface area contributed by atoms with Crippen LogP contribution >= 0.6 is 12.4 Å². The van der Waals surface area contributed by atoms with E-state index in [-0.39, 0.29) is 18.3 Å². The van der Waals surface area contributed by atoms with Gasteiger partial charge in [0.2, 0.25) is 5.91 Å². The first-order valence-corrected chi connectivity index (χ1v) is 7.37. The Balaban J connectivity index is 0.00000220. The van der Waals surface area contributed by atoms with Gasteiger partial charge in [-0.1, -0.05) is 19.9 Å². The van der Waals surface area contributed by atoms with Crippen LogP contribution in [0.25, 0.3) is 0 Å². The van der Waals surface area contributed by atoms with Gasteiger partial charge < -0.3 is 15.4 Å². The van der Waals surface area contributed by atoms with E-state index >= 15 is 0 Å². The van der Waals surface area contributed by atoms with Crippen LogP contribution in [-0.4, -0.2) is 25.6 Å². The van der Waals surface area contributed by atoms with E-state index in [0.29, 0.717) is 19.1 Å². The van der Waals surface area contributed by atoms with E-state index in [2.05, 4.69) is 24.5 Å². The molecule has 1 aliphatic carbocycles. The van der Waals surface area contributed by atoms with Crippen molar-refractivity contribution >= 4 is 24.0 Å². The Bertz CT molecular complexity index is 448. The highest BCUT2D eigenvalue weighted by molar-refractivity contribution is 5.92. The molecule has 0 unspecified atom stereocenters. The predicted molar refractivity (Wildman–Crippen MR) is 88.2 cm³/mol. The van der Waals surface area contributed by atoms with Gasteiger partial charge in [-0.2, -0.15) is 0 Å². The van der Waals surface area contributed by atoms with Gasteiger partial charge in [0.05, 0.1) is 13.2 Å². The van der Waals surface area contributed by atoms with Crippen LogP contribution in [0.4, 0.5) is 5.69 Å². The number of nitrogens with one attached hydrogen (secondary N) is 2. The molecule has 0 aliphatic heterocycles. The summed E-state index contributed by atoms with van der Waals surface area (Å²) in [5.41, 5.74) is 0.782. The van der Waals surface area contributed by atoms with Gasteiger partial charge in [-0.25, -0.2) is 0 Å². The van der Waals surface area contributed by atoms with Gasteiger partial charge in [-0.3, -0.25) is 4.79 Å². The highest BCUT2D eigenvalue weighted by Crippen LogP contribution is 2.27. The zero-order valence-electron chi connectivity index (χ0n) is 12.7. The number of hydrogen-bond acceptors (Lipinski definition) is 3. The van der Waals surface area contributed by atoms with Gasteiger partial charge in [0.15, 0.2) is 0 Å². The zero-order valence-corrected chi connectivity index (χ0v) is 13.5. The van der Waals surface area contributed by atoms with Crippen LogP contribution in [0.2, 0.25) is 0 Å². The summed E-state index contributed by atoms with van der Waals surface area (Å²) in [6, 6.07) is 7.54. The fourth-order valence-corrected chi connectivity index (χ4v) is 1.84. The van der Waals surface area contributed by atoms with Crippen LogP contribution in [0.1, 0.15) is 26.7 Å². The lowest BCUT2D eigenvalue weighted by Crippen LogP contribution is -2.29. The maximum Gasteiger partial charge on any atom is 0.238 e. The summed E-state index contributed by atoms with van der Waals surface area (Å²) in [6.45, 7) is 6.22. The Morgan fingerprint density at radius 3 is 2.81 bits per heavy atom. The molecule has 0 bridgehead atoms. The first kappa shape index (κ1) is 17.8. The van der Waals surface area contributed by atoms with Gasteiger partial charge in [-0.05, 0) is 43.4 Å². The number of carbonyl (C=O) groups is 1. The van der Waals surface area contributed by atoms with Crippen LogP contribution in [0.15, 0.2) is 24.3 Å². The van der Waals surface area contributed by atoms with E-state index in [4.69, 9.17) is 4.74 Å². The molecule has 118 valence electrons. The van der Waals surface area contributed by atoms with Crippen molar-refractivity contribution in [3.63, 3.8) is 0 Å². The van der Waals surface area contributed by atoms with Crippen LogP contribution in [0.5, 0.6) is 5.75 Å². The fourth-order valence-electron chi connectivity index (χ4n) is 1.84. The lowest BCUT2D eigenvalue weighted by atomic mass is 10.2. The van der Waals surface area contributed by atoms with E-state index in [1.807, 2.05) is 24.3 Å². The number of rotatable bonds is 8. The maximum atomic E-state index is 11.8. The van der Waals surface area contributed by atoms with Crippen LogP contribution in [-0.2, 0) is 4.79 Å². The third-order valence-corrected chi connectivity index (χ3v) is 3.12. The number of ether oxygens (including phenoxy) is 1. The number of halogens is 1. The monoisotopic (exact) mass is 312 g/mol. The summed E-state index contributed by atoms with van der Waals surface area (Å²) in [5, 5.41) is 6.06. The Labute approximate surface area is 133 Å². The molecule has 1 fully saturated rings. The SMILES string of the molecule is CC(C)COc1cccc(NC(=O)CNCC2CC2)c1.Cl. The first-order valence-electron chi connectivity index (χ1n) is 7.37. The molecule has 5 heteroatoms. The van der Waals surface area contributed by atoms with E-state index in [0.717, 1.165) is 23.9 Å². The van der Waals surface area contributed by atoms with Crippen molar-refractivity contribution in [2.45, 2.75) is 26.7 Å². The summed E-state index contributed by atoms with van der Waals surface area (Å²) in [7, 11) is 0. The van der Waals surface area contributed by atoms with Crippen LogP contribution in [0.3, 0.4) is 0 Å². The third kappa shape index (κ3) is 7.34. The molecule has 0 aromatic heterocycles. The fraction of sp³-hybridized carbons (Fsp3) is 0.562. The van der Waals surface area contributed by atoms with Gasteiger partial charge in [0.25, 0.3) is 0 Å². The number of anilines is 1. The number of amides is 1. The number of hydrogen-bond donors (Lipinski definition) is 2. The molecule has 4 nitrogen and oxygen atoms in total. The van der Waals surface area contributed by atoms with Crippen molar-refractivity contribution in [2.75, 3.05) is 25.0 Å². The number of benzene rings is 1. The van der Waals surface area contributed by atoms with Crippen molar-refractivity contribution in [2.24, 2.45) is 11.8 Å². The van der Waals surface area contributed by atoms with Gasteiger partial charge in [0, 0.05) is 11.8 Å². The first-order chi connectivity index (χ1) is 9.63. The van der Waals surface area contributed by atoms with E-state index in [1.165, 1.54) is 12.8 Å². The highest BCUT2D eigenvalue weighted by atomic mass is 35.5. The van der Waals surface area contributed by atoms with Crippen molar-refractivity contribution in [1.82, 2.24) is 5.32 Å². The van der Waals surface area contributed by atoms with Crippen molar-refractivity contribution in [3.05, 3.63) is 24.3 Å². The van der Waals surface area contributed by atoms with Gasteiger partial charge >= 0.3 is 0 Å². The maximum absolute atomic E-state index is 11.8. The molecule has 1 amide bonds. The van der Waals surface area contributed by atoms with E-state index < -0.39 is 0 Å². The molecule has 21 heavy (non-hydrogen) atoms. The summed E-state index contributed by atoms with van der Waals surface area (Å²) < 4.78 is 5.64. The second kappa shape index (κ2) is 8.90. The molecule has 0 heterocycles. The zero-order chi connectivity index (χ0) is 14.4. The molecule has 0 atom stereocenters. The summed E-state index contributed by atoms with van der Waals surface area (Å²) >= 11 is 0. The largest absolute Gasteiger partial charge is 0.493 e. The topological polar surface area (TPSA) is 50.4 Å². The molecule has 1 saturated carbocycles. The molecule has 2 N–H and O–H groups in total. The lowest BCUT2D eigenvalue weighted by molar-refractivity contribution is -0.115. The van der Waals surface area contributed by atoms with E-state index in [9.17, 15) is 4.79 Å². The minimum Gasteiger partial charge on any atom is -0.493 e. The minimum atomic E-state index is -0.00772. The normalized spacial score (nSPS) is 13.7. The molecule has 0 radical (unpaired) electrons. The molecule has 2 rings (SSSR count). The summed E-state index contributed by atoms with van der Waals surface area (Å²) in [4.78, 5) is 11.8. The molecular weight excluding hydrogens is 288 g/mol. The molecule has 1 aliphatic rings. The lowest BCUT2D eigenvalue weighted by Gasteiger charge is -2.11. The Hall–Kier alpha value is -1.26. The molecule has 1 aromatic rings. The molecular formula is C16H25ClN2O2. The Morgan fingerprint density at radius 1 is 1.38 bits per heavy atom. The summed E-state index contributed by atoms with van der Waals surface area (Å²) in [6.07, 6.45) is 2.59. The Morgan fingerprint density at radius 2 is 2.14 bits per heavy atom. The second-order valence-corrected chi connectivity index (χ2v) is 5.86. The average molecular weight is 313 g/mol. The minimum absolute atomic E-state index is 0. The van der Waals surface area contributed by atoms with Crippen molar-refractivity contribution in [3.8, 4) is 5.75 Å². The summed E-state index contributed by atoms with van der Waals surface area (Å²) in [5.74, 6) is 2.06.